The maximum Gasteiger partial charge on any atom is 0.350 e. The van der Waals surface area contributed by atoms with Crippen LogP contribution in [0.3, 0.4) is 0 Å². The number of methoxy groups -OCH3 is 1. The van der Waals surface area contributed by atoms with Crippen molar-refractivity contribution in [2.45, 2.75) is 73.5 Å². The summed E-state index contributed by atoms with van der Waals surface area (Å²) in [5.74, 6) is 0.932. The molecule has 0 atom stereocenters. The molecule has 0 N–H and O–H groups in total. The first kappa shape index (κ1) is 26.2. The van der Waals surface area contributed by atoms with Gasteiger partial charge in [0.1, 0.15) is 17.1 Å². The lowest BCUT2D eigenvalue weighted by Gasteiger charge is -2.30. The summed E-state index contributed by atoms with van der Waals surface area (Å²) in [5.41, 5.74) is 3.36. The molecule has 0 spiro atoms. The van der Waals surface area contributed by atoms with E-state index in [-0.39, 0.29) is 5.78 Å². The first-order chi connectivity index (χ1) is 15.1. The number of hydrogen-bond donors (Lipinski definition) is 0. The number of rotatable bonds is 7. The van der Waals surface area contributed by atoms with Gasteiger partial charge >= 0.3 is 5.97 Å². The fourth-order valence-corrected chi connectivity index (χ4v) is 3.62. The molecular formula is C28H36O5. The van der Waals surface area contributed by atoms with E-state index in [2.05, 4.69) is 0 Å². The second-order valence-electron chi connectivity index (χ2n) is 9.94. The Kier molecular flexibility index (Phi) is 7.79. The Morgan fingerprint density at radius 3 is 1.73 bits per heavy atom. The van der Waals surface area contributed by atoms with Crippen molar-refractivity contribution in [3.8, 4) is 11.5 Å². The van der Waals surface area contributed by atoms with E-state index < -0.39 is 17.2 Å². The fourth-order valence-electron chi connectivity index (χ4n) is 3.62. The first-order valence-corrected chi connectivity index (χ1v) is 11.1. The maximum absolute atomic E-state index is 12.7. The fraction of sp³-hybridized carbons (Fsp3) is 0.429. The van der Waals surface area contributed by atoms with Gasteiger partial charge in [-0.3, -0.25) is 4.79 Å². The van der Waals surface area contributed by atoms with Crippen LogP contribution in [0, 0.1) is 27.7 Å². The molecule has 0 unspecified atom stereocenters. The summed E-state index contributed by atoms with van der Waals surface area (Å²) in [6.07, 6.45) is 3.36. The molecule has 5 heteroatoms. The minimum atomic E-state index is -1.14. The third kappa shape index (κ3) is 6.70. The summed E-state index contributed by atoms with van der Waals surface area (Å²) in [7, 11) is 1.63. The molecular weight excluding hydrogens is 416 g/mol. The molecule has 0 aliphatic heterocycles. The molecule has 2 aromatic rings. The van der Waals surface area contributed by atoms with Gasteiger partial charge < -0.3 is 14.2 Å². The topological polar surface area (TPSA) is 61.8 Å². The zero-order valence-electron chi connectivity index (χ0n) is 21.5. The molecule has 2 rings (SSSR count). The number of ether oxygens (including phenoxy) is 3. The summed E-state index contributed by atoms with van der Waals surface area (Å²) in [6.45, 7) is 16.6. The van der Waals surface area contributed by atoms with E-state index in [0.717, 1.165) is 33.6 Å². The molecule has 0 aromatic heterocycles. The Balaban J connectivity index is 2.24. The van der Waals surface area contributed by atoms with E-state index in [0.29, 0.717) is 11.3 Å². The van der Waals surface area contributed by atoms with Gasteiger partial charge in [-0.1, -0.05) is 6.08 Å². The highest BCUT2D eigenvalue weighted by Crippen LogP contribution is 2.30. The van der Waals surface area contributed by atoms with E-state index >= 15 is 0 Å². The van der Waals surface area contributed by atoms with Gasteiger partial charge in [0.25, 0.3) is 0 Å². The molecule has 0 heterocycles. The SMILES string of the molecule is COc1c(C)cc(C(=O)/C=C/c2cc(C)c(OC(C)(C)C(=O)OC(C)(C)C)c(C)c2)cc1C. The van der Waals surface area contributed by atoms with Crippen molar-refractivity contribution in [1.29, 1.82) is 0 Å². The van der Waals surface area contributed by atoms with E-state index in [1.807, 2.05) is 72.7 Å². The van der Waals surface area contributed by atoms with Gasteiger partial charge in [-0.2, -0.15) is 0 Å². The first-order valence-electron chi connectivity index (χ1n) is 11.1. The minimum absolute atomic E-state index is 0.0782. The molecule has 2 aromatic carbocycles. The lowest BCUT2D eigenvalue weighted by molar-refractivity contribution is -0.171. The average molecular weight is 453 g/mol. The predicted octanol–water partition coefficient (Wildman–Crippen LogP) is 6.32. The Bertz CT molecular complexity index is 1040. The van der Waals surface area contributed by atoms with E-state index in [4.69, 9.17) is 14.2 Å². The summed E-state index contributed by atoms with van der Waals surface area (Å²) >= 11 is 0. The number of ketones is 1. The molecule has 0 saturated carbocycles. The Morgan fingerprint density at radius 2 is 1.27 bits per heavy atom. The smallest absolute Gasteiger partial charge is 0.350 e. The number of hydrogen-bond acceptors (Lipinski definition) is 5. The van der Waals surface area contributed by atoms with Crippen LogP contribution < -0.4 is 9.47 Å². The van der Waals surface area contributed by atoms with E-state index in [9.17, 15) is 9.59 Å². The van der Waals surface area contributed by atoms with Crippen molar-refractivity contribution in [2.75, 3.05) is 7.11 Å². The third-order valence-corrected chi connectivity index (χ3v) is 5.11. The van der Waals surface area contributed by atoms with Gasteiger partial charge in [-0.25, -0.2) is 4.79 Å². The molecule has 0 radical (unpaired) electrons. The zero-order valence-corrected chi connectivity index (χ0v) is 21.5. The number of esters is 1. The summed E-state index contributed by atoms with van der Waals surface area (Å²) in [6, 6.07) is 7.54. The van der Waals surface area contributed by atoms with Crippen LogP contribution in [0.4, 0.5) is 0 Å². The second-order valence-corrected chi connectivity index (χ2v) is 9.94. The predicted molar refractivity (Wildman–Crippen MR) is 132 cm³/mol. The van der Waals surface area contributed by atoms with Crippen molar-refractivity contribution in [3.63, 3.8) is 0 Å². The van der Waals surface area contributed by atoms with Gasteiger partial charge in [-0.05, 0) is 120 Å². The monoisotopic (exact) mass is 452 g/mol. The lowest BCUT2D eigenvalue weighted by atomic mass is 10.0. The number of aryl methyl sites for hydroxylation is 4. The number of benzene rings is 2. The highest BCUT2D eigenvalue weighted by molar-refractivity contribution is 6.07. The van der Waals surface area contributed by atoms with Crippen LogP contribution in [-0.4, -0.2) is 30.1 Å². The molecule has 0 bridgehead atoms. The van der Waals surface area contributed by atoms with Gasteiger partial charge in [0, 0.05) is 5.56 Å². The van der Waals surface area contributed by atoms with Gasteiger partial charge in [0.2, 0.25) is 0 Å². The average Bonchev–Trinajstić information content (AvgIpc) is 2.67. The minimum Gasteiger partial charge on any atom is -0.496 e. The van der Waals surface area contributed by atoms with Crippen molar-refractivity contribution >= 4 is 17.8 Å². The van der Waals surface area contributed by atoms with Crippen LogP contribution in [0.5, 0.6) is 11.5 Å². The Morgan fingerprint density at radius 1 is 0.788 bits per heavy atom. The summed E-state index contributed by atoms with van der Waals surface area (Å²) < 4.78 is 17.0. The molecule has 0 aliphatic carbocycles. The van der Waals surface area contributed by atoms with Crippen LogP contribution in [0.2, 0.25) is 0 Å². The van der Waals surface area contributed by atoms with Crippen molar-refractivity contribution in [2.24, 2.45) is 0 Å². The van der Waals surface area contributed by atoms with Crippen molar-refractivity contribution < 1.29 is 23.8 Å². The van der Waals surface area contributed by atoms with Crippen LogP contribution in [0.25, 0.3) is 6.08 Å². The molecule has 33 heavy (non-hydrogen) atoms. The van der Waals surface area contributed by atoms with Crippen LogP contribution in [0.1, 0.15) is 72.8 Å². The summed E-state index contributed by atoms with van der Waals surface area (Å²) in [5, 5.41) is 0. The largest absolute Gasteiger partial charge is 0.496 e. The Labute approximate surface area is 197 Å². The van der Waals surface area contributed by atoms with E-state index in [1.165, 1.54) is 0 Å². The van der Waals surface area contributed by atoms with Crippen LogP contribution in [-0.2, 0) is 9.53 Å². The van der Waals surface area contributed by atoms with Crippen LogP contribution >= 0.6 is 0 Å². The molecule has 0 fully saturated rings. The molecule has 0 amide bonds. The van der Waals surface area contributed by atoms with E-state index in [1.54, 1.807) is 33.1 Å². The zero-order chi connectivity index (χ0) is 25.1. The molecule has 178 valence electrons. The molecule has 5 nitrogen and oxygen atoms in total. The standard InChI is InChI=1S/C28H36O5/c1-17-13-21(11-12-23(29)22-15-19(3)24(31-10)20(4)16-22)14-18(2)25(17)32-28(8,9)26(30)33-27(5,6)7/h11-16H,1-10H3/b12-11+. The third-order valence-electron chi connectivity index (χ3n) is 5.11. The molecule has 0 aliphatic rings. The highest BCUT2D eigenvalue weighted by atomic mass is 16.6. The van der Waals surface area contributed by atoms with Crippen LogP contribution in [0.15, 0.2) is 30.3 Å². The van der Waals surface area contributed by atoms with Gasteiger partial charge in [-0.15, -0.1) is 0 Å². The van der Waals surface area contributed by atoms with Gasteiger partial charge in [0.05, 0.1) is 7.11 Å². The maximum atomic E-state index is 12.7. The second kappa shape index (κ2) is 9.82. The highest BCUT2D eigenvalue weighted by Gasteiger charge is 2.35. The van der Waals surface area contributed by atoms with Gasteiger partial charge in [0.15, 0.2) is 11.4 Å². The molecule has 0 saturated heterocycles. The number of allylic oxidation sites excluding steroid dienone is 1. The quantitative estimate of drug-likeness (QED) is 0.279. The normalized spacial score (nSPS) is 12.1. The summed E-state index contributed by atoms with van der Waals surface area (Å²) in [4.78, 5) is 25.3. The number of carbonyl (C=O) groups is 2. The van der Waals surface area contributed by atoms with Crippen molar-refractivity contribution in [1.82, 2.24) is 0 Å². The lowest BCUT2D eigenvalue weighted by Crippen LogP contribution is -2.43. The number of carbonyl (C=O) groups excluding carboxylic acids is 2. The Hall–Kier alpha value is -3.08. The van der Waals surface area contributed by atoms with Crippen molar-refractivity contribution in [3.05, 3.63) is 63.7 Å².